The van der Waals surface area contributed by atoms with Gasteiger partial charge in [-0.1, -0.05) is 6.07 Å². The second-order valence-electron chi connectivity index (χ2n) is 3.95. The first-order valence-corrected chi connectivity index (χ1v) is 5.88. The van der Waals surface area contributed by atoms with Gasteiger partial charge in [-0.25, -0.2) is 0 Å². The van der Waals surface area contributed by atoms with Gasteiger partial charge in [-0.15, -0.1) is 0 Å². The van der Waals surface area contributed by atoms with Crippen molar-refractivity contribution < 1.29 is 9.59 Å². The number of benzene rings is 1. The second-order valence-corrected chi connectivity index (χ2v) is 4.81. The molecule has 0 bridgehead atoms. The van der Waals surface area contributed by atoms with Gasteiger partial charge in [0.15, 0.2) is 0 Å². The highest BCUT2D eigenvalue weighted by molar-refractivity contribution is 9.10. The van der Waals surface area contributed by atoms with Gasteiger partial charge in [0.05, 0.1) is 11.3 Å². The highest BCUT2D eigenvalue weighted by atomic mass is 79.9. The molecule has 16 heavy (non-hydrogen) atoms. The Bertz CT molecular complexity index is 501. The predicted octanol–water partition coefficient (Wildman–Crippen LogP) is 1.62. The van der Waals surface area contributed by atoms with E-state index in [1.807, 2.05) is 6.07 Å². The van der Waals surface area contributed by atoms with Crippen molar-refractivity contribution in [2.24, 2.45) is 0 Å². The summed E-state index contributed by atoms with van der Waals surface area (Å²) in [5.41, 5.74) is 1.15. The first-order chi connectivity index (χ1) is 7.68. The average molecular weight is 281 g/mol. The Morgan fingerprint density at radius 3 is 2.88 bits per heavy atom. The maximum absolute atomic E-state index is 12.2. The summed E-state index contributed by atoms with van der Waals surface area (Å²) in [4.78, 5) is 25.6. The fourth-order valence-corrected chi connectivity index (χ4v) is 2.64. The van der Waals surface area contributed by atoms with Crippen molar-refractivity contribution in [3.63, 3.8) is 0 Å². The van der Waals surface area contributed by atoms with Gasteiger partial charge in [-0.3, -0.25) is 9.59 Å². The molecule has 3 rings (SSSR count). The molecule has 1 atom stereocenters. The molecule has 0 unspecified atom stereocenters. The molecule has 2 aliphatic rings. The minimum absolute atomic E-state index is 0.0722. The number of halogens is 1. The van der Waals surface area contributed by atoms with E-state index in [0.29, 0.717) is 17.8 Å². The summed E-state index contributed by atoms with van der Waals surface area (Å²) in [7, 11) is 0. The van der Waals surface area contributed by atoms with Crippen molar-refractivity contribution >= 4 is 33.4 Å². The summed E-state index contributed by atoms with van der Waals surface area (Å²) in [5.74, 6) is -0.159. The third kappa shape index (κ3) is 1.21. The number of carbonyl (C=O) groups is 2. The summed E-state index contributed by atoms with van der Waals surface area (Å²) >= 11 is 3.35. The summed E-state index contributed by atoms with van der Waals surface area (Å²) in [5, 5.41) is 2.79. The molecule has 0 aliphatic carbocycles. The normalized spacial score (nSPS) is 22.8. The number of nitrogens with one attached hydrogen (secondary N) is 1. The molecular formula is C11H9BrN2O2. The van der Waals surface area contributed by atoms with Gasteiger partial charge in [0.1, 0.15) is 6.04 Å². The van der Waals surface area contributed by atoms with Crippen LogP contribution in [0, 0.1) is 0 Å². The van der Waals surface area contributed by atoms with Gasteiger partial charge in [-0.2, -0.15) is 0 Å². The standard InChI is InChI=1S/C11H9BrN2O2/c12-6-2-1-3-7-9(6)11(16)14-5-4-8(14)10(15)13-7/h1-3,8H,4-5H2,(H,13,15)/t8-/m0/s1. The van der Waals surface area contributed by atoms with Crippen LogP contribution < -0.4 is 5.32 Å². The number of rotatable bonds is 0. The van der Waals surface area contributed by atoms with Crippen LogP contribution in [0.3, 0.4) is 0 Å². The van der Waals surface area contributed by atoms with Gasteiger partial charge in [0.25, 0.3) is 5.91 Å². The maximum atomic E-state index is 12.2. The lowest BCUT2D eigenvalue weighted by atomic mass is 10.0. The molecule has 1 saturated heterocycles. The Kier molecular flexibility index (Phi) is 2.04. The molecule has 0 aromatic heterocycles. The highest BCUT2D eigenvalue weighted by Crippen LogP contribution is 2.33. The van der Waals surface area contributed by atoms with E-state index in [-0.39, 0.29) is 17.9 Å². The van der Waals surface area contributed by atoms with Crippen LogP contribution in [0.1, 0.15) is 16.8 Å². The van der Waals surface area contributed by atoms with Crippen LogP contribution in [0.5, 0.6) is 0 Å². The lowest BCUT2D eigenvalue weighted by molar-refractivity contribution is -0.123. The third-order valence-electron chi connectivity index (χ3n) is 3.07. The number of carbonyl (C=O) groups excluding carboxylic acids is 2. The third-order valence-corrected chi connectivity index (χ3v) is 3.73. The van der Waals surface area contributed by atoms with E-state index in [4.69, 9.17) is 0 Å². The van der Waals surface area contributed by atoms with E-state index in [2.05, 4.69) is 21.2 Å². The SMILES string of the molecule is O=C1Nc2cccc(Br)c2C(=O)N2CC[C@@H]12. The first kappa shape index (κ1) is 9.84. The fraction of sp³-hybridized carbons (Fsp3) is 0.273. The van der Waals surface area contributed by atoms with Crippen LogP contribution in [-0.2, 0) is 4.79 Å². The number of amides is 2. The molecular weight excluding hydrogens is 272 g/mol. The quantitative estimate of drug-likeness (QED) is 0.785. The van der Waals surface area contributed by atoms with Crippen molar-refractivity contribution in [3.05, 3.63) is 28.2 Å². The van der Waals surface area contributed by atoms with Gasteiger partial charge in [0, 0.05) is 11.0 Å². The Balaban J connectivity index is 2.17. The molecule has 2 amide bonds. The molecule has 0 radical (unpaired) electrons. The van der Waals surface area contributed by atoms with Crippen LogP contribution in [-0.4, -0.2) is 29.3 Å². The van der Waals surface area contributed by atoms with Crippen molar-refractivity contribution in [2.45, 2.75) is 12.5 Å². The molecule has 1 fully saturated rings. The highest BCUT2D eigenvalue weighted by Gasteiger charge is 2.41. The molecule has 0 spiro atoms. The van der Waals surface area contributed by atoms with Gasteiger partial charge in [-0.05, 0) is 34.5 Å². The van der Waals surface area contributed by atoms with Gasteiger partial charge >= 0.3 is 0 Å². The summed E-state index contributed by atoms with van der Waals surface area (Å²) < 4.78 is 0.725. The molecule has 1 N–H and O–H groups in total. The Hall–Kier alpha value is -1.36. The molecule has 1 aromatic carbocycles. The van der Waals surface area contributed by atoms with Crippen LogP contribution in [0.15, 0.2) is 22.7 Å². The van der Waals surface area contributed by atoms with Crippen molar-refractivity contribution in [3.8, 4) is 0 Å². The Morgan fingerprint density at radius 1 is 1.38 bits per heavy atom. The molecule has 4 nitrogen and oxygen atoms in total. The largest absolute Gasteiger partial charge is 0.326 e. The summed E-state index contributed by atoms with van der Waals surface area (Å²) in [6, 6.07) is 5.08. The zero-order valence-corrected chi connectivity index (χ0v) is 9.95. The van der Waals surface area contributed by atoms with Gasteiger partial charge in [0.2, 0.25) is 5.91 Å². The molecule has 0 saturated carbocycles. The van der Waals surface area contributed by atoms with Crippen molar-refractivity contribution in [1.82, 2.24) is 4.90 Å². The number of fused-ring (bicyclic) bond motifs is 2. The van der Waals surface area contributed by atoms with E-state index >= 15 is 0 Å². The smallest absolute Gasteiger partial charge is 0.257 e. The average Bonchev–Trinajstić information content (AvgIpc) is 2.20. The van der Waals surface area contributed by atoms with Crippen LogP contribution in [0.4, 0.5) is 5.69 Å². The minimum Gasteiger partial charge on any atom is -0.326 e. The monoisotopic (exact) mass is 280 g/mol. The lowest BCUT2D eigenvalue weighted by Gasteiger charge is -2.37. The van der Waals surface area contributed by atoms with E-state index in [1.54, 1.807) is 17.0 Å². The summed E-state index contributed by atoms with van der Waals surface area (Å²) in [6.07, 6.45) is 0.753. The number of nitrogens with zero attached hydrogens (tertiary/aromatic N) is 1. The molecule has 5 heteroatoms. The number of hydrogen-bond donors (Lipinski definition) is 1. The maximum Gasteiger partial charge on any atom is 0.257 e. The molecule has 1 aromatic rings. The van der Waals surface area contributed by atoms with E-state index in [0.717, 1.165) is 10.9 Å². The zero-order chi connectivity index (χ0) is 11.3. The van der Waals surface area contributed by atoms with Crippen LogP contribution >= 0.6 is 15.9 Å². The van der Waals surface area contributed by atoms with Crippen molar-refractivity contribution in [1.29, 1.82) is 0 Å². The van der Waals surface area contributed by atoms with Crippen LogP contribution in [0.25, 0.3) is 0 Å². The molecule has 2 heterocycles. The Morgan fingerprint density at radius 2 is 2.19 bits per heavy atom. The van der Waals surface area contributed by atoms with E-state index in [9.17, 15) is 9.59 Å². The zero-order valence-electron chi connectivity index (χ0n) is 8.37. The molecule has 82 valence electrons. The Labute approximate surface area is 101 Å². The van der Waals surface area contributed by atoms with Crippen molar-refractivity contribution in [2.75, 3.05) is 11.9 Å². The minimum atomic E-state index is -0.285. The fourth-order valence-electron chi connectivity index (χ4n) is 2.11. The lowest BCUT2D eigenvalue weighted by Crippen LogP contribution is -2.55. The van der Waals surface area contributed by atoms with E-state index in [1.165, 1.54) is 0 Å². The first-order valence-electron chi connectivity index (χ1n) is 5.09. The molecule has 2 aliphatic heterocycles. The summed E-state index contributed by atoms with van der Waals surface area (Å²) in [6.45, 7) is 0.664. The number of anilines is 1. The topological polar surface area (TPSA) is 49.4 Å². The van der Waals surface area contributed by atoms with Gasteiger partial charge < -0.3 is 10.2 Å². The van der Waals surface area contributed by atoms with E-state index < -0.39 is 0 Å². The predicted molar refractivity (Wildman–Crippen MR) is 62.2 cm³/mol. The second kappa shape index (κ2) is 3.31. The number of hydrogen-bond acceptors (Lipinski definition) is 2. The van der Waals surface area contributed by atoms with Crippen LogP contribution in [0.2, 0.25) is 0 Å².